The largest absolute Gasteiger partial charge is 0.444 e. The van der Waals surface area contributed by atoms with E-state index in [0.29, 0.717) is 10.6 Å². The predicted molar refractivity (Wildman–Crippen MR) is 89.2 cm³/mol. The van der Waals surface area contributed by atoms with Gasteiger partial charge in [-0.25, -0.2) is 0 Å². The Balaban J connectivity index is 0.00000242. The summed E-state index contributed by atoms with van der Waals surface area (Å²) in [5, 5.41) is 3.13. The Morgan fingerprint density at radius 3 is 2.82 bits per heavy atom. The summed E-state index contributed by atoms with van der Waals surface area (Å²) < 4.78 is 5.71. The highest BCUT2D eigenvalue weighted by molar-refractivity contribution is 9.10. The number of likely N-dealkylation sites (N-methyl/N-ethyl adjacent to an activating group) is 1. The molecule has 1 N–H and O–H groups in total. The fourth-order valence-corrected chi connectivity index (χ4v) is 2.81. The summed E-state index contributed by atoms with van der Waals surface area (Å²) in [5.41, 5.74) is 0. The van der Waals surface area contributed by atoms with E-state index in [1.165, 1.54) is 4.90 Å². The summed E-state index contributed by atoms with van der Waals surface area (Å²) in [4.78, 5) is 27.5. The van der Waals surface area contributed by atoms with Crippen LogP contribution in [0.5, 0.6) is 0 Å². The van der Waals surface area contributed by atoms with Crippen LogP contribution in [0.25, 0.3) is 0 Å². The average molecular weight is 395 g/mol. The van der Waals surface area contributed by atoms with E-state index in [-0.39, 0.29) is 36.5 Å². The minimum absolute atomic E-state index is 0. The van der Waals surface area contributed by atoms with Gasteiger partial charge < -0.3 is 19.5 Å². The molecule has 0 radical (unpaired) electrons. The highest BCUT2D eigenvalue weighted by Gasteiger charge is 2.27. The molecule has 1 fully saturated rings. The number of rotatable bonds is 5. The van der Waals surface area contributed by atoms with Gasteiger partial charge in [-0.1, -0.05) is 0 Å². The lowest BCUT2D eigenvalue weighted by molar-refractivity contribution is -0.130. The van der Waals surface area contributed by atoms with Crippen molar-refractivity contribution in [2.45, 2.75) is 6.42 Å². The first-order valence-corrected chi connectivity index (χ1v) is 7.73. The Labute approximate surface area is 144 Å². The van der Waals surface area contributed by atoms with Crippen LogP contribution in [0.1, 0.15) is 17.0 Å². The lowest BCUT2D eigenvalue weighted by Gasteiger charge is -2.21. The molecule has 6 nitrogen and oxygen atoms in total. The predicted octanol–water partition coefficient (Wildman–Crippen LogP) is 1.60. The first-order chi connectivity index (χ1) is 10.0. The molecule has 1 aliphatic heterocycles. The van der Waals surface area contributed by atoms with E-state index in [1.807, 2.05) is 11.9 Å². The van der Waals surface area contributed by atoms with Crippen molar-refractivity contribution >= 4 is 40.2 Å². The maximum absolute atomic E-state index is 12.2. The van der Waals surface area contributed by atoms with Crippen molar-refractivity contribution in [1.82, 2.24) is 15.1 Å². The van der Waals surface area contributed by atoms with Gasteiger partial charge >= 0.3 is 0 Å². The molecule has 0 spiro atoms. The summed E-state index contributed by atoms with van der Waals surface area (Å²) in [6.45, 7) is 2.51. The molecule has 1 unspecified atom stereocenters. The Morgan fingerprint density at radius 1 is 1.50 bits per heavy atom. The first-order valence-electron chi connectivity index (χ1n) is 6.94. The first kappa shape index (κ1) is 19.0. The zero-order chi connectivity index (χ0) is 15.4. The van der Waals surface area contributed by atoms with Gasteiger partial charge in [0.15, 0.2) is 10.4 Å². The normalized spacial score (nSPS) is 17.2. The third kappa shape index (κ3) is 4.72. The molecule has 1 saturated heterocycles. The number of carbonyl (C=O) groups is 2. The number of halogens is 2. The van der Waals surface area contributed by atoms with Gasteiger partial charge in [-0.05, 0) is 54.0 Å². The number of carbonyl (C=O) groups excluding carboxylic acids is 2. The standard InChI is InChI=1S/C14H20BrN3O3.ClH/c1-16-7-10-5-6-18(8-10)13(19)9-17(2)14(20)11-3-4-12(15)21-11;/h3-4,10,16H,5-9H2,1-2H3;1H. The van der Waals surface area contributed by atoms with Crippen molar-refractivity contribution in [2.24, 2.45) is 5.92 Å². The van der Waals surface area contributed by atoms with E-state index in [1.54, 1.807) is 19.2 Å². The molecule has 0 saturated carbocycles. The molecule has 0 bridgehead atoms. The minimum Gasteiger partial charge on any atom is -0.444 e. The maximum Gasteiger partial charge on any atom is 0.289 e. The average Bonchev–Trinajstić information content (AvgIpc) is 3.07. The molecule has 2 rings (SSSR count). The van der Waals surface area contributed by atoms with Crippen molar-refractivity contribution in [3.8, 4) is 0 Å². The van der Waals surface area contributed by atoms with Crippen molar-refractivity contribution in [1.29, 1.82) is 0 Å². The monoisotopic (exact) mass is 393 g/mol. The number of nitrogens with zero attached hydrogens (tertiary/aromatic N) is 2. The molecule has 1 aromatic rings. The molecule has 2 heterocycles. The van der Waals surface area contributed by atoms with Gasteiger partial charge in [-0.3, -0.25) is 9.59 Å². The number of amides is 2. The van der Waals surface area contributed by atoms with Gasteiger partial charge in [0.05, 0.1) is 6.54 Å². The lowest BCUT2D eigenvalue weighted by atomic mass is 10.1. The van der Waals surface area contributed by atoms with Crippen LogP contribution in [0.3, 0.4) is 0 Å². The zero-order valence-corrected chi connectivity index (χ0v) is 15.1. The number of furan rings is 1. The topological polar surface area (TPSA) is 65.8 Å². The molecule has 124 valence electrons. The van der Waals surface area contributed by atoms with Crippen molar-refractivity contribution in [2.75, 3.05) is 40.3 Å². The highest BCUT2D eigenvalue weighted by Crippen LogP contribution is 2.17. The number of nitrogens with one attached hydrogen (secondary N) is 1. The second-order valence-corrected chi connectivity index (χ2v) is 6.10. The van der Waals surface area contributed by atoms with E-state index < -0.39 is 0 Å². The molecule has 8 heteroatoms. The highest BCUT2D eigenvalue weighted by atomic mass is 79.9. The second-order valence-electron chi connectivity index (χ2n) is 5.32. The van der Waals surface area contributed by atoms with Crippen LogP contribution in [0.2, 0.25) is 0 Å². The van der Waals surface area contributed by atoms with Crippen LogP contribution < -0.4 is 5.32 Å². The molecule has 1 aliphatic rings. The summed E-state index contributed by atoms with van der Waals surface area (Å²) in [7, 11) is 3.52. The number of likely N-dealkylation sites (tertiary alicyclic amines) is 1. The van der Waals surface area contributed by atoms with E-state index in [9.17, 15) is 9.59 Å². The minimum atomic E-state index is -0.292. The maximum atomic E-state index is 12.2. The lowest BCUT2D eigenvalue weighted by Crippen LogP contribution is -2.40. The fraction of sp³-hybridized carbons (Fsp3) is 0.571. The van der Waals surface area contributed by atoms with E-state index in [4.69, 9.17) is 4.42 Å². The molecule has 1 aromatic heterocycles. The molecule has 22 heavy (non-hydrogen) atoms. The summed E-state index contributed by atoms with van der Waals surface area (Å²) >= 11 is 3.16. The Hall–Kier alpha value is -1.05. The molecule has 0 aliphatic carbocycles. The molecule has 2 amide bonds. The van der Waals surface area contributed by atoms with Crippen molar-refractivity contribution < 1.29 is 14.0 Å². The van der Waals surface area contributed by atoms with Crippen LogP contribution in [0.15, 0.2) is 21.2 Å². The van der Waals surface area contributed by atoms with E-state index in [0.717, 1.165) is 26.1 Å². The van der Waals surface area contributed by atoms with Crippen LogP contribution in [0, 0.1) is 5.92 Å². The quantitative estimate of drug-likeness (QED) is 0.824. The van der Waals surface area contributed by atoms with Crippen molar-refractivity contribution in [3.05, 3.63) is 22.6 Å². The summed E-state index contributed by atoms with van der Waals surface area (Å²) in [6, 6.07) is 3.25. The summed E-state index contributed by atoms with van der Waals surface area (Å²) in [6.07, 6.45) is 1.01. The third-order valence-corrected chi connectivity index (χ3v) is 4.06. The van der Waals surface area contributed by atoms with Gasteiger partial charge in [0.25, 0.3) is 5.91 Å². The SMILES string of the molecule is CNCC1CCN(C(=O)CN(C)C(=O)c2ccc(Br)o2)C1.Cl. The summed E-state index contributed by atoms with van der Waals surface area (Å²) in [5.74, 6) is 0.419. The van der Waals surface area contributed by atoms with Crippen LogP contribution in [0.4, 0.5) is 0 Å². The van der Waals surface area contributed by atoms with E-state index in [2.05, 4.69) is 21.2 Å². The third-order valence-electron chi connectivity index (χ3n) is 3.63. The van der Waals surface area contributed by atoms with Crippen LogP contribution >= 0.6 is 28.3 Å². The zero-order valence-electron chi connectivity index (χ0n) is 12.7. The Morgan fingerprint density at radius 2 is 2.23 bits per heavy atom. The second kappa shape index (κ2) is 8.55. The van der Waals surface area contributed by atoms with Crippen LogP contribution in [-0.4, -0.2) is 61.9 Å². The molecular weight excluding hydrogens is 374 g/mol. The van der Waals surface area contributed by atoms with Crippen molar-refractivity contribution in [3.63, 3.8) is 0 Å². The fourth-order valence-electron chi connectivity index (χ4n) is 2.51. The van der Waals surface area contributed by atoms with E-state index >= 15 is 0 Å². The van der Waals surface area contributed by atoms with Gasteiger partial charge in [0, 0.05) is 20.1 Å². The Bertz CT molecular complexity index is 523. The van der Waals surface area contributed by atoms with Crippen LogP contribution in [-0.2, 0) is 4.79 Å². The molecular formula is C14H21BrClN3O3. The van der Waals surface area contributed by atoms with Gasteiger partial charge in [-0.15, -0.1) is 12.4 Å². The van der Waals surface area contributed by atoms with Gasteiger partial charge in [-0.2, -0.15) is 0 Å². The number of hydrogen-bond acceptors (Lipinski definition) is 4. The Kier molecular flexibility index (Phi) is 7.38. The van der Waals surface area contributed by atoms with Gasteiger partial charge in [0.2, 0.25) is 5.91 Å². The molecule has 1 atom stereocenters. The van der Waals surface area contributed by atoms with Gasteiger partial charge in [0.1, 0.15) is 0 Å². The smallest absolute Gasteiger partial charge is 0.289 e. The molecule has 0 aromatic carbocycles. The number of hydrogen-bond donors (Lipinski definition) is 1.